The first kappa shape index (κ1) is 16.7. The van der Waals surface area contributed by atoms with Crippen LogP contribution in [-0.2, 0) is 9.47 Å². The molecule has 0 unspecified atom stereocenters. The van der Waals surface area contributed by atoms with Crippen molar-refractivity contribution >= 4 is 28.8 Å². The Morgan fingerprint density at radius 1 is 1.57 bits per heavy atom. The van der Waals surface area contributed by atoms with E-state index in [9.17, 15) is 4.79 Å². The van der Waals surface area contributed by atoms with Crippen molar-refractivity contribution in [2.45, 2.75) is 18.6 Å². The van der Waals surface area contributed by atoms with Gasteiger partial charge in [0.25, 0.3) is 5.91 Å². The van der Waals surface area contributed by atoms with Gasteiger partial charge in [0.15, 0.2) is 0 Å². The number of hydrogen-bond acceptors (Lipinski definition) is 5. The maximum Gasteiger partial charge on any atom is 0.261 e. The van der Waals surface area contributed by atoms with Crippen LogP contribution in [0, 0.1) is 0 Å². The standard InChI is InChI=1S/C14H21ClN2O3S/c1-17(2)6-8-20-11-9-19-7-5-10(11)16-14(18)12-3-4-13(15)21-12/h3-4,10-11H,5-9H2,1-2H3,(H,16,18)/t10-,11-/m1/s1. The minimum atomic E-state index is -0.0990. The first-order valence-corrected chi connectivity index (χ1v) is 8.16. The molecule has 0 spiro atoms. The zero-order valence-electron chi connectivity index (χ0n) is 12.3. The van der Waals surface area contributed by atoms with E-state index in [0.29, 0.717) is 29.0 Å². The van der Waals surface area contributed by atoms with Gasteiger partial charge in [0.2, 0.25) is 0 Å². The maximum atomic E-state index is 12.2. The maximum absolute atomic E-state index is 12.2. The molecular formula is C14H21ClN2O3S. The number of rotatable bonds is 6. The summed E-state index contributed by atoms with van der Waals surface area (Å²) in [7, 11) is 4.00. The summed E-state index contributed by atoms with van der Waals surface area (Å²) in [6, 6.07) is 3.45. The fraction of sp³-hybridized carbons (Fsp3) is 0.643. The minimum Gasteiger partial charge on any atom is -0.379 e. The Labute approximate surface area is 134 Å². The molecule has 5 nitrogen and oxygen atoms in total. The molecule has 0 aromatic carbocycles. The highest BCUT2D eigenvalue weighted by molar-refractivity contribution is 7.17. The van der Waals surface area contributed by atoms with Gasteiger partial charge in [-0.25, -0.2) is 0 Å². The Kier molecular flexibility index (Phi) is 6.44. The van der Waals surface area contributed by atoms with Gasteiger partial charge in [-0.05, 0) is 32.6 Å². The van der Waals surface area contributed by atoms with Crippen LogP contribution in [0.15, 0.2) is 12.1 Å². The number of amides is 1. The summed E-state index contributed by atoms with van der Waals surface area (Å²) in [4.78, 5) is 14.9. The van der Waals surface area contributed by atoms with Gasteiger partial charge in [0.1, 0.15) is 6.10 Å². The van der Waals surface area contributed by atoms with Crippen LogP contribution < -0.4 is 5.32 Å². The van der Waals surface area contributed by atoms with E-state index in [2.05, 4.69) is 10.2 Å². The Bertz CT molecular complexity index is 467. The van der Waals surface area contributed by atoms with Gasteiger partial charge in [-0.3, -0.25) is 4.79 Å². The molecular weight excluding hydrogens is 312 g/mol. The molecule has 1 aliphatic heterocycles. The summed E-state index contributed by atoms with van der Waals surface area (Å²) in [5, 5.41) is 3.03. The molecule has 2 atom stereocenters. The lowest BCUT2D eigenvalue weighted by atomic mass is 10.1. The van der Waals surface area contributed by atoms with E-state index in [1.54, 1.807) is 12.1 Å². The SMILES string of the molecule is CN(C)CCO[C@@H]1COCC[C@H]1NC(=O)c1ccc(Cl)s1. The zero-order chi connectivity index (χ0) is 15.2. The highest BCUT2D eigenvalue weighted by Crippen LogP contribution is 2.22. The smallest absolute Gasteiger partial charge is 0.261 e. The second-order valence-electron chi connectivity index (χ2n) is 5.26. The summed E-state index contributed by atoms with van der Waals surface area (Å²) in [6.45, 7) is 2.63. The number of carbonyl (C=O) groups is 1. The molecule has 0 aliphatic carbocycles. The second kappa shape index (κ2) is 8.10. The van der Waals surface area contributed by atoms with Crippen molar-refractivity contribution in [1.82, 2.24) is 10.2 Å². The first-order chi connectivity index (χ1) is 10.1. The molecule has 7 heteroatoms. The number of likely N-dealkylation sites (N-methyl/N-ethyl adjacent to an activating group) is 1. The van der Waals surface area contributed by atoms with E-state index in [1.165, 1.54) is 11.3 Å². The van der Waals surface area contributed by atoms with Crippen LogP contribution in [0.2, 0.25) is 4.34 Å². The van der Waals surface area contributed by atoms with Gasteiger partial charge in [-0.1, -0.05) is 11.6 Å². The molecule has 1 N–H and O–H groups in total. The van der Waals surface area contributed by atoms with Crippen molar-refractivity contribution in [3.05, 3.63) is 21.3 Å². The monoisotopic (exact) mass is 332 g/mol. The van der Waals surface area contributed by atoms with Gasteiger partial charge < -0.3 is 19.7 Å². The molecule has 0 bridgehead atoms. The first-order valence-electron chi connectivity index (χ1n) is 6.96. The third kappa shape index (κ3) is 5.23. The molecule has 0 saturated carbocycles. The summed E-state index contributed by atoms with van der Waals surface area (Å²) < 4.78 is 11.9. The van der Waals surface area contributed by atoms with Crippen LogP contribution in [0.5, 0.6) is 0 Å². The van der Waals surface area contributed by atoms with E-state index in [0.717, 1.165) is 13.0 Å². The van der Waals surface area contributed by atoms with Crippen molar-refractivity contribution in [3.8, 4) is 0 Å². The van der Waals surface area contributed by atoms with E-state index < -0.39 is 0 Å². The molecule has 1 aromatic rings. The van der Waals surface area contributed by atoms with Crippen LogP contribution in [-0.4, -0.2) is 63.4 Å². The third-order valence-corrected chi connectivity index (χ3v) is 4.52. The number of halogens is 1. The fourth-order valence-electron chi connectivity index (χ4n) is 2.10. The highest BCUT2D eigenvalue weighted by atomic mass is 35.5. The fourth-order valence-corrected chi connectivity index (χ4v) is 3.05. The molecule has 21 heavy (non-hydrogen) atoms. The molecule has 0 radical (unpaired) electrons. The summed E-state index contributed by atoms with van der Waals surface area (Å²) in [5.41, 5.74) is 0. The molecule has 1 fully saturated rings. The lowest BCUT2D eigenvalue weighted by Gasteiger charge is -2.32. The van der Waals surface area contributed by atoms with Crippen LogP contribution in [0.4, 0.5) is 0 Å². The Hall–Kier alpha value is -0.660. The molecule has 118 valence electrons. The second-order valence-corrected chi connectivity index (χ2v) is 6.97. The van der Waals surface area contributed by atoms with E-state index in [1.807, 2.05) is 14.1 Å². The number of carbonyl (C=O) groups excluding carboxylic acids is 1. The van der Waals surface area contributed by atoms with Crippen LogP contribution >= 0.6 is 22.9 Å². The van der Waals surface area contributed by atoms with Crippen LogP contribution in [0.1, 0.15) is 16.1 Å². The molecule has 2 heterocycles. The summed E-state index contributed by atoms with van der Waals surface area (Å²) in [6.07, 6.45) is 0.662. The van der Waals surface area contributed by atoms with Crippen LogP contribution in [0.3, 0.4) is 0 Å². The number of nitrogens with one attached hydrogen (secondary N) is 1. The topological polar surface area (TPSA) is 50.8 Å². The minimum absolute atomic E-state index is 0.0192. The molecule has 1 saturated heterocycles. The lowest BCUT2D eigenvalue weighted by Crippen LogP contribution is -2.50. The average Bonchev–Trinajstić information content (AvgIpc) is 2.87. The Morgan fingerprint density at radius 3 is 3.05 bits per heavy atom. The normalized spacial score (nSPS) is 22.5. The Balaban J connectivity index is 1.87. The van der Waals surface area contributed by atoms with E-state index >= 15 is 0 Å². The van der Waals surface area contributed by atoms with Crippen LogP contribution in [0.25, 0.3) is 0 Å². The van der Waals surface area contributed by atoms with E-state index in [-0.39, 0.29) is 18.1 Å². The Morgan fingerprint density at radius 2 is 2.38 bits per heavy atom. The number of thiophene rings is 1. The third-order valence-electron chi connectivity index (χ3n) is 3.29. The van der Waals surface area contributed by atoms with Gasteiger partial charge in [-0.15, -0.1) is 11.3 Å². The van der Waals surface area contributed by atoms with Crippen molar-refractivity contribution in [1.29, 1.82) is 0 Å². The van der Waals surface area contributed by atoms with Crippen molar-refractivity contribution in [2.75, 3.05) is 40.5 Å². The molecule has 1 aliphatic rings. The zero-order valence-corrected chi connectivity index (χ0v) is 13.9. The van der Waals surface area contributed by atoms with Crippen molar-refractivity contribution < 1.29 is 14.3 Å². The molecule has 1 amide bonds. The quantitative estimate of drug-likeness (QED) is 0.864. The number of ether oxygens (including phenoxy) is 2. The van der Waals surface area contributed by atoms with E-state index in [4.69, 9.17) is 21.1 Å². The molecule has 2 rings (SSSR count). The summed E-state index contributed by atoms with van der Waals surface area (Å²) >= 11 is 7.15. The van der Waals surface area contributed by atoms with Gasteiger partial charge in [0.05, 0.1) is 28.5 Å². The highest BCUT2D eigenvalue weighted by Gasteiger charge is 2.28. The van der Waals surface area contributed by atoms with Crippen molar-refractivity contribution in [2.24, 2.45) is 0 Å². The summed E-state index contributed by atoms with van der Waals surface area (Å²) in [5.74, 6) is -0.0972. The number of nitrogens with zero attached hydrogens (tertiary/aromatic N) is 1. The molecule has 1 aromatic heterocycles. The average molecular weight is 333 g/mol. The van der Waals surface area contributed by atoms with Crippen molar-refractivity contribution in [3.63, 3.8) is 0 Å². The van der Waals surface area contributed by atoms with Gasteiger partial charge in [-0.2, -0.15) is 0 Å². The predicted octanol–water partition coefficient (Wildman–Crippen LogP) is 1.87. The van der Waals surface area contributed by atoms with Gasteiger partial charge >= 0.3 is 0 Å². The lowest BCUT2D eigenvalue weighted by molar-refractivity contribution is -0.0690. The predicted molar refractivity (Wildman–Crippen MR) is 84.3 cm³/mol. The largest absolute Gasteiger partial charge is 0.379 e. The van der Waals surface area contributed by atoms with Gasteiger partial charge in [0, 0.05) is 13.2 Å². The number of hydrogen-bond donors (Lipinski definition) is 1.